The van der Waals surface area contributed by atoms with Crippen molar-refractivity contribution in [2.75, 3.05) is 33.7 Å². The number of likely N-dealkylation sites (N-methyl/N-ethyl adjacent to an activating group) is 2. The van der Waals surface area contributed by atoms with Crippen LogP contribution in [0.1, 0.15) is 33.1 Å². The quantitative estimate of drug-likeness (QED) is 0.671. The second kappa shape index (κ2) is 7.73. The van der Waals surface area contributed by atoms with E-state index in [9.17, 15) is 0 Å². The minimum atomic E-state index is 0.0260. The van der Waals surface area contributed by atoms with E-state index < -0.39 is 0 Å². The normalized spacial score (nSPS) is 18.9. The van der Waals surface area contributed by atoms with Gasteiger partial charge in [-0.3, -0.25) is 10.2 Å². The first kappa shape index (κ1) is 15.4. The van der Waals surface area contributed by atoms with Gasteiger partial charge in [-0.25, -0.2) is 0 Å². The third kappa shape index (κ3) is 5.81. The maximum absolute atomic E-state index is 9.13. The molecule has 1 saturated carbocycles. The molecule has 0 bridgehead atoms. The monoisotopic (exact) mass is 252 g/mol. The Morgan fingerprint density at radius 1 is 1.39 bits per heavy atom. The van der Waals surface area contributed by atoms with Crippen molar-refractivity contribution < 1.29 is 0 Å². The van der Waals surface area contributed by atoms with Crippen LogP contribution in [0.25, 0.3) is 0 Å². The lowest BCUT2D eigenvalue weighted by molar-refractivity contribution is 0.176. The van der Waals surface area contributed by atoms with Crippen LogP contribution in [0.5, 0.6) is 0 Å². The molecule has 0 heterocycles. The van der Waals surface area contributed by atoms with Crippen molar-refractivity contribution in [3.05, 3.63) is 0 Å². The van der Waals surface area contributed by atoms with Crippen molar-refractivity contribution >= 4 is 0 Å². The first-order valence-corrected chi connectivity index (χ1v) is 7.11. The highest BCUT2D eigenvalue weighted by Gasteiger charge is 2.24. The van der Waals surface area contributed by atoms with Gasteiger partial charge < -0.3 is 4.90 Å². The van der Waals surface area contributed by atoms with Gasteiger partial charge in [-0.2, -0.15) is 5.26 Å². The zero-order valence-corrected chi connectivity index (χ0v) is 12.3. The summed E-state index contributed by atoms with van der Waals surface area (Å²) in [5.41, 5.74) is 0. The molecule has 0 saturated heterocycles. The average Bonchev–Trinajstić information content (AvgIpc) is 3.11. The van der Waals surface area contributed by atoms with Gasteiger partial charge in [0.2, 0.25) is 0 Å². The maximum Gasteiger partial charge on any atom is 0.0967 e. The van der Waals surface area contributed by atoms with Gasteiger partial charge in [-0.1, -0.05) is 6.92 Å². The predicted octanol–water partition coefficient (Wildman–Crippen LogP) is 1.29. The number of nitrogens with one attached hydrogen (secondary N) is 1. The summed E-state index contributed by atoms with van der Waals surface area (Å²) < 4.78 is 0. The zero-order chi connectivity index (χ0) is 13.5. The van der Waals surface area contributed by atoms with E-state index in [4.69, 9.17) is 5.26 Å². The van der Waals surface area contributed by atoms with Crippen LogP contribution in [0.4, 0.5) is 0 Å². The van der Waals surface area contributed by atoms with E-state index in [2.05, 4.69) is 49.1 Å². The Kier molecular flexibility index (Phi) is 6.62. The van der Waals surface area contributed by atoms with E-state index in [-0.39, 0.29) is 6.04 Å². The fourth-order valence-electron chi connectivity index (χ4n) is 2.35. The maximum atomic E-state index is 9.13. The predicted molar refractivity (Wildman–Crippen MR) is 75.4 cm³/mol. The lowest BCUT2D eigenvalue weighted by Gasteiger charge is -2.30. The number of nitrogens with zero attached hydrogens (tertiary/aromatic N) is 3. The van der Waals surface area contributed by atoms with Crippen molar-refractivity contribution in [2.24, 2.45) is 0 Å². The van der Waals surface area contributed by atoms with Gasteiger partial charge in [0.15, 0.2) is 0 Å². The summed E-state index contributed by atoms with van der Waals surface area (Å²) in [6.07, 6.45) is 3.41. The van der Waals surface area contributed by atoms with Crippen molar-refractivity contribution in [1.82, 2.24) is 15.1 Å². The standard InChI is InChI=1S/C14H28N4/c1-5-18(12(2)11-17(3)4)9-8-14(10-15)16-13-6-7-13/h12-14,16H,5-9,11H2,1-4H3. The molecular formula is C14H28N4. The van der Waals surface area contributed by atoms with Crippen LogP contribution >= 0.6 is 0 Å². The fourth-order valence-corrected chi connectivity index (χ4v) is 2.35. The Morgan fingerprint density at radius 3 is 2.50 bits per heavy atom. The van der Waals surface area contributed by atoms with Crippen molar-refractivity contribution in [1.29, 1.82) is 5.26 Å². The molecule has 0 spiro atoms. The second-order valence-electron chi connectivity index (χ2n) is 5.65. The highest BCUT2D eigenvalue weighted by Crippen LogP contribution is 2.19. The average molecular weight is 252 g/mol. The summed E-state index contributed by atoms with van der Waals surface area (Å²) in [6.45, 7) is 7.59. The molecule has 2 unspecified atom stereocenters. The molecule has 1 rings (SSSR count). The smallest absolute Gasteiger partial charge is 0.0967 e. The molecule has 1 N–H and O–H groups in total. The van der Waals surface area contributed by atoms with Crippen molar-refractivity contribution in [2.45, 2.75) is 51.2 Å². The molecule has 1 aliphatic rings. The molecule has 0 aliphatic heterocycles. The summed E-state index contributed by atoms with van der Waals surface area (Å²) >= 11 is 0. The Morgan fingerprint density at radius 2 is 2.06 bits per heavy atom. The first-order chi connectivity index (χ1) is 8.56. The number of nitriles is 1. The first-order valence-electron chi connectivity index (χ1n) is 7.11. The molecule has 0 aromatic rings. The van der Waals surface area contributed by atoms with E-state index in [1.165, 1.54) is 12.8 Å². The summed E-state index contributed by atoms with van der Waals surface area (Å²) in [5, 5.41) is 12.5. The van der Waals surface area contributed by atoms with Crippen molar-refractivity contribution in [3.63, 3.8) is 0 Å². The molecule has 104 valence electrons. The van der Waals surface area contributed by atoms with E-state index >= 15 is 0 Å². The molecule has 0 aromatic carbocycles. The Hall–Kier alpha value is -0.630. The highest BCUT2D eigenvalue weighted by atomic mass is 15.2. The second-order valence-corrected chi connectivity index (χ2v) is 5.65. The molecule has 2 atom stereocenters. The van der Waals surface area contributed by atoms with Gasteiger partial charge in [0.1, 0.15) is 0 Å². The Bertz CT molecular complexity index is 267. The van der Waals surface area contributed by atoms with Crippen LogP contribution in [-0.2, 0) is 0 Å². The molecule has 4 heteroatoms. The minimum Gasteiger partial charge on any atom is -0.308 e. The summed E-state index contributed by atoms with van der Waals surface area (Å²) in [4.78, 5) is 4.68. The van der Waals surface area contributed by atoms with Crippen LogP contribution in [0.2, 0.25) is 0 Å². The molecule has 0 radical (unpaired) electrons. The molecule has 1 aliphatic carbocycles. The molecular weight excluding hydrogens is 224 g/mol. The highest BCUT2D eigenvalue weighted by molar-refractivity contribution is 4.96. The van der Waals surface area contributed by atoms with E-state index in [1.807, 2.05) is 0 Å². The van der Waals surface area contributed by atoms with E-state index in [0.29, 0.717) is 12.1 Å². The Labute approximate surface area is 112 Å². The third-order valence-electron chi connectivity index (χ3n) is 3.53. The summed E-state index contributed by atoms with van der Waals surface area (Å²) in [6, 6.07) is 3.57. The molecule has 18 heavy (non-hydrogen) atoms. The topological polar surface area (TPSA) is 42.3 Å². The number of rotatable bonds is 9. The SMILES string of the molecule is CCN(CCC(C#N)NC1CC1)C(C)CN(C)C. The van der Waals surface area contributed by atoms with Crippen LogP contribution in [-0.4, -0.2) is 61.7 Å². The number of hydrogen-bond acceptors (Lipinski definition) is 4. The molecule has 0 aromatic heterocycles. The van der Waals surface area contributed by atoms with Crippen LogP contribution in [0.3, 0.4) is 0 Å². The van der Waals surface area contributed by atoms with Gasteiger partial charge in [0.25, 0.3) is 0 Å². The van der Waals surface area contributed by atoms with Gasteiger partial charge in [-0.05, 0) is 46.8 Å². The van der Waals surface area contributed by atoms with E-state index in [0.717, 1.165) is 26.1 Å². The zero-order valence-electron chi connectivity index (χ0n) is 12.3. The largest absolute Gasteiger partial charge is 0.308 e. The van der Waals surface area contributed by atoms with Crippen LogP contribution in [0, 0.1) is 11.3 Å². The summed E-state index contributed by atoms with van der Waals surface area (Å²) in [5.74, 6) is 0. The number of hydrogen-bond donors (Lipinski definition) is 1. The lowest BCUT2D eigenvalue weighted by atomic mass is 10.2. The fraction of sp³-hybridized carbons (Fsp3) is 0.929. The van der Waals surface area contributed by atoms with Gasteiger partial charge in [0.05, 0.1) is 12.1 Å². The van der Waals surface area contributed by atoms with Gasteiger partial charge in [-0.15, -0.1) is 0 Å². The molecule has 1 fully saturated rings. The van der Waals surface area contributed by atoms with Gasteiger partial charge >= 0.3 is 0 Å². The van der Waals surface area contributed by atoms with Crippen LogP contribution < -0.4 is 5.32 Å². The Balaban J connectivity index is 2.30. The van der Waals surface area contributed by atoms with Gasteiger partial charge in [0, 0.05) is 25.2 Å². The molecule has 4 nitrogen and oxygen atoms in total. The lowest BCUT2D eigenvalue weighted by Crippen LogP contribution is -2.42. The van der Waals surface area contributed by atoms with E-state index in [1.54, 1.807) is 0 Å². The molecule has 0 amide bonds. The van der Waals surface area contributed by atoms with Crippen LogP contribution in [0.15, 0.2) is 0 Å². The summed E-state index contributed by atoms with van der Waals surface area (Å²) in [7, 11) is 4.22. The third-order valence-corrected chi connectivity index (χ3v) is 3.53. The minimum absolute atomic E-state index is 0.0260. The van der Waals surface area contributed by atoms with Crippen molar-refractivity contribution in [3.8, 4) is 6.07 Å².